The Morgan fingerprint density at radius 2 is 1.94 bits per heavy atom. The number of fused-ring (bicyclic) bond motifs is 2. The van der Waals surface area contributed by atoms with Crippen molar-refractivity contribution < 1.29 is 22.7 Å². The summed E-state index contributed by atoms with van der Waals surface area (Å²) < 4.78 is 48.2. The number of anilines is 2. The summed E-state index contributed by atoms with van der Waals surface area (Å²) in [6.07, 6.45) is -1.57. The van der Waals surface area contributed by atoms with Crippen molar-refractivity contribution in [1.82, 2.24) is 24.4 Å². The zero-order valence-electron chi connectivity index (χ0n) is 19.5. The van der Waals surface area contributed by atoms with E-state index in [1.54, 1.807) is 35.9 Å². The average molecular weight is 500 g/mol. The summed E-state index contributed by atoms with van der Waals surface area (Å²) in [5.41, 5.74) is 0.0377. The summed E-state index contributed by atoms with van der Waals surface area (Å²) in [5, 5.41) is 6.12. The Labute approximate surface area is 202 Å². The Balaban J connectivity index is 1.49. The summed E-state index contributed by atoms with van der Waals surface area (Å²) in [5.74, 6) is 0.527. The van der Waals surface area contributed by atoms with Gasteiger partial charge in [0.25, 0.3) is 0 Å². The molecule has 1 saturated carbocycles. The van der Waals surface area contributed by atoms with Crippen molar-refractivity contribution in [2.75, 3.05) is 12.4 Å². The number of alkyl carbamates (subject to hydrolysis) is 1. The van der Waals surface area contributed by atoms with E-state index in [1.807, 2.05) is 0 Å². The normalized spacial score (nSPS) is 18.0. The van der Waals surface area contributed by atoms with Gasteiger partial charge < -0.3 is 15.4 Å². The first-order valence-corrected chi connectivity index (χ1v) is 11.3. The third-order valence-electron chi connectivity index (χ3n) is 6.53. The fraction of sp³-hybridized carbons (Fsp3) is 0.333. The molecule has 36 heavy (non-hydrogen) atoms. The van der Waals surface area contributed by atoms with E-state index in [-0.39, 0.29) is 29.1 Å². The number of hydrogen-bond donors (Lipinski definition) is 2. The number of carbonyl (C=O) groups excluding carboxylic acids is 1. The zero-order chi connectivity index (χ0) is 25.6. The fourth-order valence-corrected chi connectivity index (χ4v) is 4.80. The number of halogens is 3. The highest BCUT2D eigenvalue weighted by atomic mass is 19.4. The molecule has 0 bridgehead atoms. The maximum Gasteiger partial charge on any atom is 0.418 e. The summed E-state index contributed by atoms with van der Waals surface area (Å²) in [4.78, 5) is 33.2. The number of alkyl halides is 3. The molecule has 1 amide bonds. The fourth-order valence-electron chi connectivity index (χ4n) is 4.80. The Morgan fingerprint density at radius 1 is 1.14 bits per heavy atom. The van der Waals surface area contributed by atoms with Gasteiger partial charge in [-0.1, -0.05) is 12.1 Å². The number of imidazole rings is 1. The lowest BCUT2D eigenvalue weighted by Gasteiger charge is -2.14. The van der Waals surface area contributed by atoms with Gasteiger partial charge in [-0.05, 0) is 37.5 Å². The predicted molar refractivity (Wildman–Crippen MR) is 127 cm³/mol. The van der Waals surface area contributed by atoms with Crippen LogP contribution in [0.5, 0.6) is 0 Å². The monoisotopic (exact) mass is 500 g/mol. The van der Waals surface area contributed by atoms with Gasteiger partial charge in [0.1, 0.15) is 11.6 Å². The number of aryl methyl sites for hydroxylation is 1. The van der Waals surface area contributed by atoms with Crippen LogP contribution in [0.4, 0.5) is 29.6 Å². The van der Waals surface area contributed by atoms with Crippen molar-refractivity contribution in [2.45, 2.75) is 37.5 Å². The number of para-hydroxylation sites is 1. The van der Waals surface area contributed by atoms with Crippen LogP contribution in [0, 0.1) is 0 Å². The number of hydrogen-bond acceptors (Lipinski definition) is 6. The van der Waals surface area contributed by atoms with Crippen LogP contribution >= 0.6 is 0 Å². The highest BCUT2D eigenvalue weighted by molar-refractivity contribution is 5.85. The lowest BCUT2D eigenvalue weighted by Crippen LogP contribution is -2.33. The predicted octanol–water partition coefficient (Wildman–Crippen LogP) is 4.50. The van der Waals surface area contributed by atoms with Crippen molar-refractivity contribution in [1.29, 1.82) is 0 Å². The first-order valence-electron chi connectivity index (χ1n) is 11.3. The van der Waals surface area contributed by atoms with Crippen LogP contribution in [0.2, 0.25) is 0 Å². The van der Waals surface area contributed by atoms with Gasteiger partial charge in [-0.15, -0.1) is 0 Å². The Hall–Kier alpha value is -4.09. The SMILES string of the molecule is COC(=O)N[C@@H]1CC[C@@H](n2c(=O)n(C)c3cnc(Nc4ccc5cccc(C(F)(F)F)c5n4)cc32)C1. The third kappa shape index (κ3) is 4.23. The van der Waals surface area contributed by atoms with E-state index >= 15 is 0 Å². The maximum absolute atomic E-state index is 13.5. The van der Waals surface area contributed by atoms with E-state index in [1.165, 1.54) is 23.9 Å². The van der Waals surface area contributed by atoms with Crippen molar-refractivity contribution in [2.24, 2.45) is 7.05 Å². The van der Waals surface area contributed by atoms with E-state index in [2.05, 4.69) is 25.3 Å². The second kappa shape index (κ2) is 8.85. The highest BCUT2D eigenvalue weighted by Gasteiger charge is 2.33. The van der Waals surface area contributed by atoms with Crippen LogP contribution < -0.4 is 16.3 Å². The van der Waals surface area contributed by atoms with E-state index in [0.717, 1.165) is 6.07 Å². The van der Waals surface area contributed by atoms with Crippen LogP contribution in [0.25, 0.3) is 21.9 Å². The standard InChI is InChI=1S/C24H23F3N6O3/c1-32-18-12-28-20(30-19-9-6-13-4-3-5-16(21(13)31-19)24(25,26)27)11-17(18)33(23(32)35)15-8-7-14(10-15)29-22(34)36-2/h3-6,9,11-12,14-15H,7-8,10H2,1-2H3,(H,29,34)(H,28,30,31)/t14-,15-/m1/s1. The zero-order valence-corrected chi connectivity index (χ0v) is 19.5. The second-order valence-electron chi connectivity index (χ2n) is 8.77. The number of carbonyl (C=O) groups is 1. The minimum Gasteiger partial charge on any atom is -0.453 e. The van der Waals surface area contributed by atoms with E-state index in [9.17, 15) is 22.8 Å². The number of methoxy groups -OCH3 is 1. The summed E-state index contributed by atoms with van der Waals surface area (Å²) in [7, 11) is 2.95. The number of ether oxygens (including phenoxy) is 1. The molecular weight excluding hydrogens is 477 g/mol. The van der Waals surface area contributed by atoms with Gasteiger partial charge in [-0.2, -0.15) is 13.2 Å². The van der Waals surface area contributed by atoms with Crippen LogP contribution in [0.3, 0.4) is 0 Å². The summed E-state index contributed by atoms with van der Waals surface area (Å²) in [6, 6.07) is 8.46. The second-order valence-corrected chi connectivity index (χ2v) is 8.77. The third-order valence-corrected chi connectivity index (χ3v) is 6.53. The number of pyridine rings is 2. The van der Waals surface area contributed by atoms with Gasteiger partial charge >= 0.3 is 18.0 Å². The van der Waals surface area contributed by atoms with Crippen molar-refractivity contribution in [3.8, 4) is 0 Å². The van der Waals surface area contributed by atoms with Crippen molar-refractivity contribution in [3.63, 3.8) is 0 Å². The molecular formula is C24H23F3N6O3. The number of nitrogens with one attached hydrogen (secondary N) is 2. The van der Waals surface area contributed by atoms with Crippen LogP contribution in [0.15, 0.2) is 47.4 Å². The van der Waals surface area contributed by atoms with Crippen LogP contribution in [-0.2, 0) is 18.0 Å². The number of rotatable bonds is 4. The quantitative estimate of drug-likeness (QED) is 0.428. The molecule has 2 atom stereocenters. The Morgan fingerprint density at radius 3 is 2.69 bits per heavy atom. The Kier molecular flexibility index (Phi) is 5.81. The van der Waals surface area contributed by atoms with Gasteiger partial charge in [-0.3, -0.25) is 9.13 Å². The smallest absolute Gasteiger partial charge is 0.418 e. The molecule has 0 unspecified atom stereocenters. The number of nitrogens with zero attached hydrogens (tertiary/aromatic N) is 4. The highest BCUT2D eigenvalue weighted by Crippen LogP contribution is 2.35. The molecule has 5 rings (SSSR count). The molecule has 0 aliphatic heterocycles. The molecule has 3 aromatic heterocycles. The van der Waals surface area contributed by atoms with Crippen LogP contribution in [0.1, 0.15) is 30.9 Å². The van der Waals surface area contributed by atoms with E-state index < -0.39 is 17.8 Å². The molecule has 1 fully saturated rings. The molecule has 1 aromatic carbocycles. The van der Waals surface area contributed by atoms with E-state index in [0.29, 0.717) is 41.5 Å². The summed E-state index contributed by atoms with van der Waals surface area (Å²) in [6.45, 7) is 0. The molecule has 1 aliphatic carbocycles. The minimum atomic E-state index is -4.54. The minimum absolute atomic E-state index is 0.117. The number of amides is 1. The van der Waals surface area contributed by atoms with Crippen molar-refractivity contribution in [3.05, 3.63) is 58.6 Å². The van der Waals surface area contributed by atoms with Gasteiger partial charge in [0.15, 0.2) is 0 Å². The van der Waals surface area contributed by atoms with Crippen molar-refractivity contribution >= 4 is 39.7 Å². The molecule has 1 aliphatic rings. The first-order chi connectivity index (χ1) is 17.2. The van der Waals surface area contributed by atoms with Gasteiger partial charge in [-0.25, -0.2) is 19.6 Å². The number of aromatic nitrogens is 4. The van der Waals surface area contributed by atoms with Gasteiger partial charge in [0, 0.05) is 30.6 Å². The average Bonchev–Trinajstić information content (AvgIpc) is 3.39. The maximum atomic E-state index is 13.5. The lowest BCUT2D eigenvalue weighted by molar-refractivity contribution is -0.136. The molecule has 3 heterocycles. The summed E-state index contributed by atoms with van der Waals surface area (Å²) >= 11 is 0. The molecule has 0 saturated heterocycles. The first kappa shape index (κ1) is 23.6. The molecule has 12 heteroatoms. The molecule has 2 N–H and O–H groups in total. The number of benzene rings is 1. The lowest BCUT2D eigenvalue weighted by atomic mass is 10.1. The Bertz CT molecular complexity index is 1530. The van der Waals surface area contributed by atoms with Crippen LogP contribution in [-0.4, -0.2) is 38.3 Å². The molecule has 9 nitrogen and oxygen atoms in total. The molecule has 0 radical (unpaired) electrons. The largest absolute Gasteiger partial charge is 0.453 e. The van der Waals surface area contributed by atoms with E-state index in [4.69, 9.17) is 0 Å². The molecule has 4 aromatic rings. The van der Waals surface area contributed by atoms with Gasteiger partial charge in [0.2, 0.25) is 0 Å². The molecule has 0 spiro atoms. The topological polar surface area (TPSA) is 103 Å². The van der Waals surface area contributed by atoms with Gasteiger partial charge in [0.05, 0.1) is 35.4 Å². The molecule has 188 valence electrons.